The monoisotopic (exact) mass is 184 g/mol. The van der Waals surface area contributed by atoms with Gasteiger partial charge in [0.15, 0.2) is 10.6 Å². The molecule has 1 fully saturated rings. The van der Waals surface area contributed by atoms with Gasteiger partial charge >= 0.3 is 0 Å². The Kier molecular flexibility index (Phi) is 2.81. The zero-order chi connectivity index (χ0) is 7.61. The maximum Gasteiger partial charge on any atom is 0.190 e. The summed E-state index contributed by atoms with van der Waals surface area (Å²) in [6.45, 7) is 0.680. The van der Waals surface area contributed by atoms with Crippen LogP contribution < -0.4 is 0 Å². The Bertz CT molecular complexity index is 116. The third-order valence-electron chi connectivity index (χ3n) is 1.48. The molecule has 0 amide bonds. The molecule has 2 nitrogen and oxygen atoms in total. The van der Waals surface area contributed by atoms with Crippen molar-refractivity contribution in [2.75, 3.05) is 13.7 Å². The standard InChI is InChI=1S/C6H10Cl2O2/c1-9-5-6(7,8)3-2-4-10-5/h5H,2-4H2,1H3. The van der Waals surface area contributed by atoms with Crippen molar-refractivity contribution in [2.24, 2.45) is 0 Å². The molecule has 0 saturated carbocycles. The number of rotatable bonds is 1. The largest absolute Gasteiger partial charge is 0.353 e. The van der Waals surface area contributed by atoms with Crippen LogP contribution in [-0.2, 0) is 9.47 Å². The molecular formula is C6H10Cl2O2. The quantitative estimate of drug-likeness (QED) is 0.581. The van der Waals surface area contributed by atoms with E-state index in [1.807, 2.05) is 0 Å². The predicted molar refractivity (Wildman–Crippen MR) is 40.4 cm³/mol. The molecule has 0 aromatic heterocycles. The zero-order valence-electron chi connectivity index (χ0n) is 5.77. The van der Waals surface area contributed by atoms with E-state index in [4.69, 9.17) is 32.7 Å². The van der Waals surface area contributed by atoms with Gasteiger partial charge in [0, 0.05) is 13.7 Å². The van der Waals surface area contributed by atoms with Crippen LogP contribution >= 0.6 is 23.2 Å². The van der Waals surface area contributed by atoms with Crippen LogP contribution in [0.4, 0.5) is 0 Å². The first kappa shape index (κ1) is 8.60. The molecule has 1 aliphatic heterocycles. The Morgan fingerprint density at radius 1 is 1.60 bits per heavy atom. The highest BCUT2D eigenvalue weighted by Gasteiger charge is 2.38. The molecule has 0 bridgehead atoms. The van der Waals surface area contributed by atoms with Gasteiger partial charge in [0.1, 0.15) is 0 Å². The van der Waals surface area contributed by atoms with Crippen LogP contribution in [0, 0.1) is 0 Å². The van der Waals surface area contributed by atoms with E-state index in [2.05, 4.69) is 0 Å². The fourth-order valence-electron chi connectivity index (χ4n) is 0.978. The molecule has 4 heteroatoms. The zero-order valence-corrected chi connectivity index (χ0v) is 7.28. The first-order valence-corrected chi connectivity index (χ1v) is 3.94. The van der Waals surface area contributed by atoms with E-state index in [0.29, 0.717) is 6.61 Å². The van der Waals surface area contributed by atoms with E-state index in [0.717, 1.165) is 12.8 Å². The minimum atomic E-state index is -0.854. The molecule has 10 heavy (non-hydrogen) atoms. The van der Waals surface area contributed by atoms with E-state index in [9.17, 15) is 0 Å². The van der Waals surface area contributed by atoms with Crippen LogP contribution in [0.15, 0.2) is 0 Å². The van der Waals surface area contributed by atoms with Crippen molar-refractivity contribution in [1.29, 1.82) is 0 Å². The second-order valence-electron chi connectivity index (χ2n) is 2.30. The van der Waals surface area contributed by atoms with Crippen LogP contribution in [0.5, 0.6) is 0 Å². The molecule has 1 rings (SSSR count). The van der Waals surface area contributed by atoms with E-state index in [-0.39, 0.29) is 0 Å². The summed E-state index contributed by atoms with van der Waals surface area (Å²) >= 11 is 11.7. The van der Waals surface area contributed by atoms with Gasteiger partial charge in [-0.2, -0.15) is 0 Å². The van der Waals surface area contributed by atoms with Gasteiger partial charge < -0.3 is 9.47 Å². The highest BCUT2D eigenvalue weighted by atomic mass is 35.5. The molecule has 0 aromatic carbocycles. The SMILES string of the molecule is COC1OCCCC1(Cl)Cl. The van der Waals surface area contributed by atoms with Crippen molar-refractivity contribution >= 4 is 23.2 Å². The highest BCUT2D eigenvalue weighted by molar-refractivity contribution is 6.48. The fourth-order valence-corrected chi connectivity index (χ4v) is 1.55. The lowest BCUT2D eigenvalue weighted by Crippen LogP contribution is -2.39. The van der Waals surface area contributed by atoms with E-state index in [1.54, 1.807) is 0 Å². The van der Waals surface area contributed by atoms with Crippen molar-refractivity contribution < 1.29 is 9.47 Å². The van der Waals surface area contributed by atoms with Gasteiger partial charge in [-0.3, -0.25) is 0 Å². The maximum atomic E-state index is 5.85. The normalized spacial score (nSPS) is 32.1. The van der Waals surface area contributed by atoms with E-state index in [1.165, 1.54) is 7.11 Å². The molecule has 0 spiro atoms. The number of hydrogen-bond acceptors (Lipinski definition) is 2. The van der Waals surface area contributed by atoms with Crippen molar-refractivity contribution in [2.45, 2.75) is 23.5 Å². The Morgan fingerprint density at radius 3 is 2.70 bits per heavy atom. The van der Waals surface area contributed by atoms with E-state index >= 15 is 0 Å². The molecular weight excluding hydrogens is 175 g/mol. The van der Waals surface area contributed by atoms with Gasteiger partial charge in [0.2, 0.25) is 0 Å². The van der Waals surface area contributed by atoms with Crippen molar-refractivity contribution in [3.63, 3.8) is 0 Å². The molecule has 1 aliphatic rings. The number of halogens is 2. The third-order valence-corrected chi connectivity index (χ3v) is 2.22. The van der Waals surface area contributed by atoms with Crippen LogP contribution in [0.1, 0.15) is 12.8 Å². The molecule has 0 aromatic rings. The predicted octanol–water partition coefficient (Wildman–Crippen LogP) is 1.94. The van der Waals surface area contributed by atoms with Crippen LogP contribution in [0.2, 0.25) is 0 Å². The molecule has 0 aliphatic carbocycles. The van der Waals surface area contributed by atoms with Gasteiger partial charge in [0.05, 0.1) is 0 Å². The number of alkyl halides is 2. The Morgan fingerprint density at radius 2 is 2.30 bits per heavy atom. The molecule has 0 N–H and O–H groups in total. The van der Waals surface area contributed by atoms with Gasteiger partial charge in [-0.25, -0.2) is 0 Å². The van der Waals surface area contributed by atoms with Gasteiger partial charge in [-0.15, -0.1) is 0 Å². The summed E-state index contributed by atoms with van der Waals surface area (Å²) in [7, 11) is 1.54. The number of methoxy groups -OCH3 is 1. The minimum Gasteiger partial charge on any atom is -0.353 e. The van der Waals surface area contributed by atoms with Crippen LogP contribution in [-0.4, -0.2) is 24.3 Å². The Balaban J connectivity index is 2.51. The second kappa shape index (κ2) is 3.26. The maximum absolute atomic E-state index is 5.85. The molecule has 1 saturated heterocycles. The summed E-state index contributed by atoms with van der Waals surface area (Å²) in [6.07, 6.45) is 1.16. The lowest BCUT2D eigenvalue weighted by molar-refractivity contribution is -0.150. The summed E-state index contributed by atoms with van der Waals surface area (Å²) < 4.78 is 9.22. The summed E-state index contributed by atoms with van der Waals surface area (Å²) in [6, 6.07) is 0. The molecule has 1 atom stereocenters. The van der Waals surface area contributed by atoms with Gasteiger partial charge in [-0.1, -0.05) is 23.2 Å². The summed E-state index contributed by atoms with van der Waals surface area (Å²) in [4.78, 5) is 0. The van der Waals surface area contributed by atoms with E-state index < -0.39 is 10.6 Å². The van der Waals surface area contributed by atoms with Crippen molar-refractivity contribution in [1.82, 2.24) is 0 Å². The molecule has 1 heterocycles. The first-order chi connectivity index (χ1) is 4.67. The summed E-state index contributed by atoms with van der Waals surface area (Å²) in [5, 5.41) is 0. The first-order valence-electron chi connectivity index (χ1n) is 3.19. The number of ether oxygens (including phenoxy) is 2. The van der Waals surface area contributed by atoms with Gasteiger partial charge in [0.25, 0.3) is 0 Å². The lowest BCUT2D eigenvalue weighted by Gasteiger charge is -2.32. The number of hydrogen-bond donors (Lipinski definition) is 0. The topological polar surface area (TPSA) is 18.5 Å². The molecule has 1 unspecified atom stereocenters. The van der Waals surface area contributed by atoms with Crippen LogP contribution in [0.3, 0.4) is 0 Å². The van der Waals surface area contributed by atoms with Gasteiger partial charge in [-0.05, 0) is 12.8 Å². The summed E-state index contributed by atoms with van der Waals surface area (Å²) in [5.74, 6) is 0. The third kappa shape index (κ3) is 1.76. The average Bonchev–Trinajstić information content (AvgIpc) is 1.87. The minimum absolute atomic E-state index is 0.468. The Hall–Kier alpha value is 0.500. The smallest absolute Gasteiger partial charge is 0.190 e. The van der Waals surface area contributed by atoms with Crippen molar-refractivity contribution in [3.05, 3.63) is 0 Å². The molecule has 0 radical (unpaired) electrons. The average molecular weight is 185 g/mol. The molecule has 60 valence electrons. The fraction of sp³-hybridized carbons (Fsp3) is 1.00. The Labute approximate surface area is 70.4 Å². The lowest BCUT2D eigenvalue weighted by atomic mass is 10.2. The summed E-state index contributed by atoms with van der Waals surface area (Å²) in [5.41, 5.74) is 0. The highest BCUT2D eigenvalue weighted by Crippen LogP contribution is 2.36. The second-order valence-corrected chi connectivity index (χ2v) is 3.85. The van der Waals surface area contributed by atoms with Crippen LogP contribution in [0.25, 0.3) is 0 Å². The van der Waals surface area contributed by atoms with Crippen molar-refractivity contribution in [3.8, 4) is 0 Å².